The Morgan fingerprint density at radius 1 is 1.19 bits per heavy atom. The van der Waals surface area contributed by atoms with Crippen molar-refractivity contribution in [2.75, 3.05) is 11.9 Å². The summed E-state index contributed by atoms with van der Waals surface area (Å²) in [6, 6.07) is 10.4. The third kappa shape index (κ3) is 2.35. The van der Waals surface area contributed by atoms with Gasteiger partial charge in [-0.05, 0) is 43.4 Å². The van der Waals surface area contributed by atoms with Gasteiger partial charge in [0.05, 0.1) is 0 Å². The van der Waals surface area contributed by atoms with Crippen LogP contribution in [0.1, 0.15) is 25.7 Å². The zero-order valence-electron chi connectivity index (χ0n) is 9.95. The molecule has 1 aliphatic rings. The van der Waals surface area contributed by atoms with Gasteiger partial charge in [0, 0.05) is 18.4 Å². The third-order valence-corrected chi connectivity index (χ3v) is 3.21. The first-order valence-electron chi connectivity index (χ1n) is 5.96. The molecule has 2 rings (SSSR count). The summed E-state index contributed by atoms with van der Waals surface area (Å²) in [6.45, 7) is 4.21. The van der Waals surface area contributed by atoms with Crippen molar-refractivity contribution in [3.63, 3.8) is 0 Å². The summed E-state index contributed by atoms with van der Waals surface area (Å²) in [4.78, 5) is 2.18. The molecule has 0 atom stereocenters. The molecule has 84 valence electrons. The topological polar surface area (TPSA) is 3.24 Å². The fourth-order valence-corrected chi connectivity index (χ4v) is 2.12. The van der Waals surface area contributed by atoms with Gasteiger partial charge in [0.15, 0.2) is 0 Å². The molecule has 0 N–H and O–H groups in total. The van der Waals surface area contributed by atoms with E-state index in [9.17, 15) is 0 Å². The number of benzene rings is 1. The molecule has 0 bridgehead atoms. The Morgan fingerprint density at radius 3 is 2.56 bits per heavy atom. The summed E-state index contributed by atoms with van der Waals surface area (Å²) in [5, 5.41) is 0. The number of rotatable bonds is 3. The molecular weight excluding hydrogens is 194 g/mol. The lowest BCUT2D eigenvalue weighted by atomic mass is 9.97. The van der Waals surface area contributed by atoms with Gasteiger partial charge in [0.25, 0.3) is 0 Å². The Bertz CT molecular complexity index is 389. The van der Waals surface area contributed by atoms with Crippen molar-refractivity contribution in [1.29, 1.82) is 0 Å². The van der Waals surface area contributed by atoms with Crippen LogP contribution in [0.15, 0.2) is 54.3 Å². The van der Waals surface area contributed by atoms with Crippen molar-refractivity contribution in [2.24, 2.45) is 0 Å². The van der Waals surface area contributed by atoms with E-state index in [1.54, 1.807) is 0 Å². The molecule has 1 aliphatic carbocycles. The van der Waals surface area contributed by atoms with E-state index >= 15 is 0 Å². The minimum Gasteiger partial charge on any atom is -0.345 e. The molecule has 0 aromatic heterocycles. The van der Waals surface area contributed by atoms with E-state index in [2.05, 4.69) is 48.9 Å². The van der Waals surface area contributed by atoms with E-state index in [4.69, 9.17) is 0 Å². The van der Waals surface area contributed by atoms with E-state index in [1.165, 1.54) is 36.9 Å². The normalized spacial score (nSPS) is 15.4. The van der Waals surface area contributed by atoms with E-state index in [0.717, 1.165) is 5.70 Å². The van der Waals surface area contributed by atoms with E-state index in [1.807, 2.05) is 6.07 Å². The number of hydrogen-bond acceptors (Lipinski definition) is 1. The first-order valence-corrected chi connectivity index (χ1v) is 5.96. The van der Waals surface area contributed by atoms with Gasteiger partial charge < -0.3 is 4.90 Å². The molecule has 0 fully saturated rings. The number of hydrogen-bond donors (Lipinski definition) is 0. The Morgan fingerprint density at radius 2 is 1.94 bits per heavy atom. The fraction of sp³-hybridized carbons (Fsp3) is 0.333. The molecule has 0 aliphatic heterocycles. The van der Waals surface area contributed by atoms with Crippen molar-refractivity contribution in [2.45, 2.75) is 25.7 Å². The van der Waals surface area contributed by atoms with E-state index in [0.29, 0.717) is 0 Å². The van der Waals surface area contributed by atoms with Crippen molar-refractivity contribution < 1.29 is 0 Å². The smallest absolute Gasteiger partial charge is 0.0407 e. The van der Waals surface area contributed by atoms with Gasteiger partial charge in [-0.25, -0.2) is 0 Å². The molecule has 0 radical (unpaired) electrons. The molecule has 0 heterocycles. The van der Waals surface area contributed by atoms with Gasteiger partial charge in [-0.3, -0.25) is 0 Å². The van der Waals surface area contributed by atoms with Crippen LogP contribution >= 0.6 is 0 Å². The number of anilines is 1. The molecule has 16 heavy (non-hydrogen) atoms. The zero-order valence-corrected chi connectivity index (χ0v) is 9.95. The van der Waals surface area contributed by atoms with Crippen LogP contribution < -0.4 is 4.90 Å². The first kappa shape index (κ1) is 11.0. The summed E-state index contributed by atoms with van der Waals surface area (Å²) in [5.41, 5.74) is 3.77. The summed E-state index contributed by atoms with van der Waals surface area (Å²) in [6.07, 6.45) is 7.34. The summed E-state index contributed by atoms with van der Waals surface area (Å²) in [7, 11) is 2.09. The first-order chi connectivity index (χ1) is 7.79. The average molecular weight is 213 g/mol. The van der Waals surface area contributed by atoms with Gasteiger partial charge >= 0.3 is 0 Å². The van der Waals surface area contributed by atoms with Crippen LogP contribution in [-0.2, 0) is 0 Å². The molecule has 1 aromatic carbocycles. The Labute approximate surface area is 98.1 Å². The molecule has 0 spiro atoms. The van der Waals surface area contributed by atoms with Crippen LogP contribution in [0.3, 0.4) is 0 Å². The molecule has 0 saturated carbocycles. The highest BCUT2D eigenvalue weighted by molar-refractivity contribution is 5.55. The maximum Gasteiger partial charge on any atom is 0.0407 e. The molecule has 0 amide bonds. The van der Waals surface area contributed by atoms with Gasteiger partial charge in [0.2, 0.25) is 0 Å². The largest absolute Gasteiger partial charge is 0.345 e. The highest BCUT2D eigenvalue weighted by atomic mass is 15.1. The number of allylic oxidation sites excluding steroid dienone is 2. The maximum absolute atomic E-state index is 4.21. The van der Waals surface area contributed by atoms with Gasteiger partial charge in [-0.1, -0.05) is 30.9 Å². The lowest BCUT2D eigenvalue weighted by Crippen LogP contribution is -2.17. The minimum atomic E-state index is 1.14. The van der Waals surface area contributed by atoms with Crippen molar-refractivity contribution in [3.05, 3.63) is 54.3 Å². The average Bonchev–Trinajstić information content (AvgIpc) is 2.39. The Hall–Kier alpha value is -1.50. The standard InChI is InChI=1S/C15H19N/c1-13(14-9-5-3-6-10-14)16(2)15-11-7-4-8-12-15/h4,7-9,11-12H,1,3,5-6,10H2,2H3. The van der Waals surface area contributed by atoms with E-state index in [-0.39, 0.29) is 0 Å². The second-order valence-corrected chi connectivity index (χ2v) is 4.32. The SMILES string of the molecule is C=C(C1=CCCCC1)N(C)c1ccccc1. The summed E-state index contributed by atoms with van der Waals surface area (Å²) >= 11 is 0. The predicted octanol–water partition coefficient (Wildman–Crippen LogP) is 4.14. The predicted molar refractivity (Wildman–Crippen MR) is 70.5 cm³/mol. The highest BCUT2D eigenvalue weighted by Crippen LogP contribution is 2.27. The quantitative estimate of drug-likeness (QED) is 0.729. The molecule has 1 nitrogen and oxygen atoms in total. The number of likely N-dealkylation sites (N-methyl/N-ethyl adjacent to an activating group) is 1. The second kappa shape index (κ2) is 5.02. The van der Waals surface area contributed by atoms with Crippen LogP contribution in [-0.4, -0.2) is 7.05 Å². The zero-order chi connectivity index (χ0) is 11.4. The van der Waals surface area contributed by atoms with Gasteiger partial charge in [-0.2, -0.15) is 0 Å². The molecule has 0 saturated heterocycles. The van der Waals surface area contributed by atoms with Gasteiger partial charge in [-0.15, -0.1) is 0 Å². The van der Waals surface area contributed by atoms with Crippen molar-refractivity contribution in [3.8, 4) is 0 Å². The van der Waals surface area contributed by atoms with Crippen LogP contribution in [0.2, 0.25) is 0 Å². The van der Waals surface area contributed by atoms with Gasteiger partial charge in [0.1, 0.15) is 0 Å². The minimum absolute atomic E-state index is 1.14. The second-order valence-electron chi connectivity index (χ2n) is 4.32. The number of para-hydroxylation sites is 1. The van der Waals surface area contributed by atoms with Crippen molar-refractivity contribution in [1.82, 2.24) is 0 Å². The summed E-state index contributed by atoms with van der Waals surface area (Å²) < 4.78 is 0. The Kier molecular flexibility index (Phi) is 3.45. The van der Waals surface area contributed by atoms with E-state index < -0.39 is 0 Å². The van der Waals surface area contributed by atoms with Crippen LogP contribution in [0, 0.1) is 0 Å². The van der Waals surface area contributed by atoms with Crippen LogP contribution in [0.5, 0.6) is 0 Å². The lowest BCUT2D eigenvalue weighted by Gasteiger charge is -2.25. The highest BCUT2D eigenvalue weighted by Gasteiger charge is 2.11. The lowest BCUT2D eigenvalue weighted by molar-refractivity contribution is 0.702. The van der Waals surface area contributed by atoms with Crippen LogP contribution in [0.4, 0.5) is 5.69 Å². The monoisotopic (exact) mass is 213 g/mol. The maximum atomic E-state index is 4.21. The third-order valence-electron chi connectivity index (χ3n) is 3.21. The number of nitrogens with zero attached hydrogens (tertiary/aromatic N) is 1. The van der Waals surface area contributed by atoms with Crippen molar-refractivity contribution >= 4 is 5.69 Å². The molecule has 1 aromatic rings. The summed E-state index contributed by atoms with van der Waals surface area (Å²) in [5.74, 6) is 0. The van der Waals surface area contributed by atoms with Crippen LogP contribution in [0.25, 0.3) is 0 Å². The molecule has 1 heteroatoms. The molecular formula is C15H19N. The Balaban J connectivity index is 2.13. The molecule has 0 unspecified atom stereocenters. The fourth-order valence-electron chi connectivity index (χ4n) is 2.12.